The first kappa shape index (κ1) is 19.5. The fourth-order valence-electron chi connectivity index (χ4n) is 2.16. The molecule has 1 saturated carbocycles. The van der Waals surface area contributed by atoms with Crippen molar-refractivity contribution in [2.75, 3.05) is 19.4 Å². The van der Waals surface area contributed by atoms with Gasteiger partial charge in [0.2, 0.25) is 5.92 Å². The zero-order chi connectivity index (χ0) is 16.8. The predicted molar refractivity (Wildman–Crippen MR) is 87.8 cm³/mol. The number of carbonyl (C=O) groups is 1. The van der Waals surface area contributed by atoms with Crippen LogP contribution in [0, 0.1) is 0 Å². The molecular formula is C16H29F2NO2S. The quantitative estimate of drug-likeness (QED) is 0.643. The number of ether oxygens (including phenoxy) is 1. The lowest BCUT2D eigenvalue weighted by atomic mass is 9.96. The van der Waals surface area contributed by atoms with Gasteiger partial charge in [0, 0.05) is 30.7 Å². The van der Waals surface area contributed by atoms with E-state index in [2.05, 4.69) is 0 Å². The molecule has 0 aliphatic heterocycles. The van der Waals surface area contributed by atoms with Crippen molar-refractivity contribution in [1.82, 2.24) is 4.90 Å². The van der Waals surface area contributed by atoms with Crippen LogP contribution in [0.4, 0.5) is 13.6 Å². The van der Waals surface area contributed by atoms with Crippen LogP contribution in [-0.2, 0) is 4.74 Å². The summed E-state index contributed by atoms with van der Waals surface area (Å²) < 4.78 is 31.3. The number of nitrogens with zero attached hydrogens (tertiary/aromatic N) is 1. The molecule has 6 heteroatoms. The molecule has 0 spiro atoms. The third-order valence-corrected chi connectivity index (χ3v) is 5.53. The van der Waals surface area contributed by atoms with Gasteiger partial charge in [0.25, 0.3) is 0 Å². The van der Waals surface area contributed by atoms with E-state index in [0.29, 0.717) is 24.7 Å². The average molecular weight is 337 g/mol. The Morgan fingerprint density at radius 1 is 1.27 bits per heavy atom. The van der Waals surface area contributed by atoms with Gasteiger partial charge >= 0.3 is 6.09 Å². The van der Waals surface area contributed by atoms with E-state index >= 15 is 0 Å². The number of thioether (sulfide) groups is 1. The number of rotatable bonds is 6. The van der Waals surface area contributed by atoms with Crippen molar-refractivity contribution in [2.24, 2.45) is 0 Å². The Kier molecular flexibility index (Phi) is 7.42. The normalized spacial score (nSPS) is 19.0. The number of hydrogen-bond donors (Lipinski definition) is 0. The number of alkyl halides is 2. The number of hydrogen-bond acceptors (Lipinski definition) is 3. The van der Waals surface area contributed by atoms with Gasteiger partial charge in [-0.15, -0.1) is 0 Å². The van der Waals surface area contributed by atoms with Crippen molar-refractivity contribution in [3.8, 4) is 0 Å². The highest BCUT2D eigenvalue weighted by Gasteiger charge is 2.34. The molecule has 0 aromatic rings. The number of carbonyl (C=O) groups excluding carboxylic acids is 1. The van der Waals surface area contributed by atoms with Crippen LogP contribution in [0.5, 0.6) is 0 Å². The van der Waals surface area contributed by atoms with Crippen molar-refractivity contribution in [1.29, 1.82) is 0 Å². The van der Waals surface area contributed by atoms with E-state index < -0.39 is 5.92 Å². The third kappa shape index (κ3) is 7.16. The highest BCUT2D eigenvalue weighted by molar-refractivity contribution is 7.99. The topological polar surface area (TPSA) is 29.5 Å². The van der Waals surface area contributed by atoms with Crippen LogP contribution in [0.25, 0.3) is 0 Å². The van der Waals surface area contributed by atoms with Crippen LogP contribution in [0.1, 0.15) is 59.3 Å². The summed E-state index contributed by atoms with van der Waals surface area (Å²) in [5, 5.41) is 0.370. The lowest BCUT2D eigenvalue weighted by Gasteiger charge is -2.30. The van der Waals surface area contributed by atoms with Crippen molar-refractivity contribution >= 4 is 17.9 Å². The summed E-state index contributed by atoms with van der Waals surface area (Å²) in [7, 11) is 1.73. The second kappa shape index (κ2) is 8.37. The molecule has 0 aromatic heterocycles. The minimum Gasteiger partial charge on any atom is -0.449 e. The van der Waals surface area contributed by atoms with Gasteiger partial charge in [0.15, 0.2) is 0 Å². The van der Waals surface area contributed by atoms with E-state index in [1.807, 2.05) is 20.8 Å². The molecule has 0 unspecified atom stereocenters. The highest BCUT2D eigenvalue weighted by atomic mass is 32.2. The first-order valence-electron chi connectivity index (χ1n) is 8.02. The Hall–Kier alpha value is -0.520. The van der Waals surface area contributed by atoms with Gasteiger partial charge in [0.1, 0.15) is 0 Å². The summed E-state index contributed by atoms with van der Waals surface area (Å²) in [4.78, 5) is 13.3. The van der Waals surface area contributed by atoms with Crippen LogP contribution in [-0.4, -0.2) is 47.1 Å². The first-order chi connectivity index (χ1) is 10.1. The Morgan fingerprint density at radius 3 is 2.41 bits per heavy atom. The Morgan fingerprint density at radius 2 is 1.86 bits per heavy atom. The molecule has 1 aliphatic carbocycles. The summed E-state index contributed by atoms with van der Waals surface area (Å²) in [6.45, 7) is 6.29. The summed E-state index contributed by atoms with van der Waals surface area (Å²) in [5.74, 6) is -1.49. The molecule has 1 fully saturated rings. The van der Waals surface area contributed by atoms with Gasteiger partial charge in [0.05, 0.1) is 6.61 Å². The molecule has 0 saturated heterocycles. The number of amides is 1. The molecule has 3 nitrogen and oxygen atoms in total. The largest absolute Gasteiger partial charge is 0.449 e. The molecule has 0 aromatic carbocycles. The van der Waals surface area contributed by atoms with Gasteiger partial charge in [-0.25, -0.2) is 13.6 Å². The lowest BCUT2D eigenvalue weighted by molar-refractivity contribution is -0.0323. The molecule has 0 bridgehead atoms. The van der Waals surface area contributed by atoms with Crippen LogP contribution >= 0.6 is 11.8 Å². The molecule has 0 N–H and O–H groups in total. The highest BCUT2D eigenvalue weighted by Crippen LogP contribution is 2.37. The minimum atomic E-state index is -2.44. The molecule has 0 atom stereocenters. The number of halogens is 2. The molecule has 1 amide bonds. The third-order valence-electron chi connectivity index (χ3n) is 4.06. The fourth-order valence-corrected chi connectivity index (χ4v) is 3.44. The van der Waals surface area contributed by atoms with Crippen LogP contribution in [0.2, 0.25) is 0 Å². The van der Waals surface area contributed by atoms with Crippen molar-refractivity contribution in [2.45, 2.75) is 76.0 Å². The summed E-state index contributed by atoms with van der Waals surface area (Å²) in [6, 6.07) is 0. The van der Waals surface area contributed by atoms with Crippen LogP contribution in [0.15, 0.2) is 0 Å². The summed E-state index contributed by atoms with van der Waals surface area (Å²) in [5.41, 5.74) is -0.240. The molecule has 0 radical (unpaired) electrons. The second-order valence-electron chi connectivity index (χ2n) is 6.98. The maximum atomic E-state index is 13.0. The van der Waals surface area contributed by atoms with E-state index in [-0.39, 0.29) is 24.5 Å². The second-order valence-corrected chi connectivity index (χ2v) is 8.39. The van der Waals surface area contributed by atoms with Gasteiger partial charge in [-0.3, -0.25) is 0 Å². The fraction of sp³-hybridized carbons (Fsp3) is 0.938. The molecule has 1 rings (SSSR count). The lowest BCUT2D eigenvalue weighted by Crippen LogP contribution is -2.42. The molecule has 1 aliphatic rings. The maximum Gasteiger partial charge on any atom is 0.409 e. The van der Waals surface area contributed by atoms with Gasteiger partial charge < -0.3 is 9.64 Å². The predicted octanol–water partition coefficient (Wildman–Crippen LogP) is 4.94. The Labute approximate surface area is 137 Å². The van der Waals surface area contributed by atoms with E-state index in [4.69, 9.17) is 4.74 Å². The Balaban J connectivity index is 2.04. The standard InChI is InChI=1S/C16H29F2NO2S/c1-15(2,3)19(4)14(20)21-11-5-6-12-22-13-7-9-16(17,18)10-8-13/h13H,5-12H2,1-4H3. The smallest absolute Gasteiger partial charge is 0.409 e. The molecule has 22 heavy (non-hydrogen) atoms. The minimum absolute atomic E-state index is 0.0292. The van der Waals surface area contributed by atoms with E-state index in [0.717, 1.165) is 18.6 Å². The Bertz CT molecular complexity index is 349. The van der Waals surface area contributed by atoms with Crippen LogP contribution < -0.4 is 0 Å². The molecule has 130 valence electrons. The zero-order valence-electron chi connectivity index (χ0n) is 14.2. The maximum absolute atomic E-state index is 13.0. The van der Waals surface area contributed by atoms with Gasteiger partial charge in [-0.2, -0.15) is 11.8 Å². The van der Waals surface area contributed by atoms with Crippen molar-refractivity contribution < 1.29 is 18.3 Å². The van der Waals surface area contributed by atoms with E-state index in [1.54, 1.807) is 23.7 Å². The first-order valence-corrected chi connectivity index (χ1v) is 9.07. The summed E-state index contributed by atoms with van der Waals surface area (Å²) in [6.07, 6.45) is 2.76. The molecular weight excluding hydrogens is 308 g/mol. The van der Waals surface area contributed by atoms with Crippen LogP contribution in [0.3, 0.4) is 0 Å². The van der Waals surface area contributed by atoms with Crippen molar-refractivity contribution in [3.63, 3.8) is 0 Å². The average Bonchev–Trinajstić information content (AvgIpc) is 2.42. The SMILES string of the molecule is CN(C(=O)OCCCCSC1CCC(F)(F)CC1)C(C)(C)C. The number of unbranched alkanes of at least 4 members (excludes halogenated alkanes) is 1. The molecule has 0 heterocycles. The van der Waals surface area contributed by atoms with E-state index in [9.17, 15) is 13.6 Å². The summed E-state index contributed by atoms with van der Waals surface area (Å²) >= 11 is 1.78. The van der Waals surface area contributed by atoms with Gasteiger partial charge in [-0.05, 0) is 52.2 Å². The monoisotopic (exact) mass is 337 g/mol. The zero-order valence-corrected chi connectivity index (χ0v) is 15.0. The van der Waals surface area contributed by atoms with Crippen molar-refractivity contribution in [3.05, 3.63) is 0 Å². The van der Waals surface area contributed by atoms with E-state index in [1.165, 1.54) is 0 Å². The van der Waals surface area contributed by atoms with Gasteiger partial charge in [-0.1, -0.05) is 0 Å².